The highest BCUT2D eigenvalue weighted by atomic mass is 35.5. The molecule has 3 nitrogen and oxygen atoms in total. The Bertz CT molecular complexity index is 558. The molecule has 0 saturated carbocycles. The van der Waals surface area contributed by atoms with Gasteiger partial charge in [-0.1, -0.05) is 24.6 Å². The van der Waals surface area contributed by atoms with Crippen LogP contribution in [0.25, 0.3) is 0 Å². The standard InChI is InChI=1S/C15H17ClN2O/c1-2-11-8-14(6-7-15(11)16)19-10-13-5-3-4-12(9-17)18-13/h3-8H,2,9-10,17H2,1H3. The summed E-state index contributed by atoms with van der Waals surface area (Å²) >= 11 is 6.07. The maximum atomic E-state index is 6.07. The predicted octanol–water partition coefficient (Wildman–Crippen LogP) is 3.34. The molecule has 0 bridgehead atoms. The number of hydrogen-bond donors (Lipinski definition) is 1. The Morgan fingerprint density at radius 2 is 2.00 bits per heavy atom. The van der Waals surface area contributed by atoms with Crippen molar-refractivity contribution in [1.82, 2.24) is 4.98 Å². The fraction of sp³-hybridized carbons (Fsp3) is 0.267. The number of pyridine rings is 1. The summed E-state index contributed by atoms with van der Waals surface area (Å²) in [6, 6.07) is 11.5. The Kier molecular flexibility index (Phi) is 4.77. The van der Waals surface area contributed by atoms with Gasteiger partial charge in [0.25, 0.3) is 0 Å². The largest absolute Gasteiger partial charge is 0.487 e. The Balaban J connectivity index is 2.05. The van der Waals surface area contributed by atoms with Crippen molar-refractivity contribution in [1.29, 1.82) is 0 Å². The first kappa shape index (κ1) is 13.8. The van der Waals surface area contributed by atoms with Crippen molar-refractivity contribution < 1.29 is 4.74 Å². The molecule has 0 unspecified atom stereocenters. The Morgan fingerprint density at radius 3 is 2.74 bits per heavy atom. The summed E-state index contributed by atoms with van der Waals surface area (Å²) in [5, 5.41) is 0.776. The van der Waals surface area contributed by atoms with Crippen LogP contribution in [-0.4, -0.2) is 4.98 Å². The van der Waals surface area contributed by atoms with E-state index in [-0.39, 0.29) is 0 Å². The molecule has 1 aromatic carbocycles. The molecule has 0 aliphatic carbocycles. The van der Waals surface area contributed by atoms with Gasteiger partial charge in [-0.2, -0.15) is 0 Å². The number of hydrogen-bond acceptors (Lipinski definition) is 3. The number of aromatic nitrogens is 1. The number of nitrogens with two attached hydrogens (primary N) is 1. The van der Waals surface area contributed by atoms with Gasteiger partial charge in [0, 0.05) is 11.6 Å². The van der Waals surface area contributed by atoms with Crippen LogP contribution in [0, 0.1) is 0 Å². The van der Waals surface area contributed by atoms with Gasteiger partial charge in [0.05, 0.1) is 11.4 Å². The van der Waals surface area contributed by atoms with E-state index < -0.39 is 0 Å². The molecule has 0 aliphatic rings. The third kappa shape index (κ3) is 3.69. The summed E-state index contributed by atoms with van der Waals surface area (Å²) < 4.78 is 5.73. The zero-order valence-electron chi connectivity index (χ0n) is 10.9. The molecule has 0 saturated heterocycles. The normalized spacial score (nSPS) is 10.5. The lowest BCUT2D eigenvalue weighted by Gasteiger charge is -2.09. The highest BCUT2D eigenvalue weighted by molar-refractivity contribution is 6.31. The summed E-state index contributed by atoms with van der Waals surface area (Å²) in [5.74, 6) is 0.807. The molecule has 0 spiro atoms. The molecule has 0 amide bonds. The number of ether oxygens (including phenoxy) is 1. The maximum absolute atomic E-state index is 6.07. The highest BCUT2D eigenvalue weighted by Crippen LogP contribution is 2.23. The molecule has 0 atom stereocenters. The SMILES string of the molecule is CCc1cc(OCc2cccc(CN)n2)ccc1Cl. The molecule has 2 aromatic rings. The van der Waals surface area contributed by atoms with Gasteiger partial charge in [0.2, 0.25) is 0 Å². The van der Waals surface area contributed by atoms with Gasteiger partial charge >= 0.3 is 0 Å². The molecule has 19 heavy (non-hydrogen) atoms. The van der Waals surface area contributed by atoms with E-state index in [9.17, 15) is 0 Å². The fourth-order valence-corrected chi connectivity index (χ4v) is 2.04. The number of rotatable bonds is 5. The lowest BCUT2D eigenvalue weighted by atomic mass is 10.1. The minimum Gasteiger partial charge on any atom is -0.487 e. The van der Waals surface area contributed by atoms with Gasteiger partial charge in [0.1, 0.15) is 12.4 Å². The quantitative estimate of drug-likeness (QED) is 0.911. The lowest BCUT2D eigenvalue weighted by Crippen LogP contribution is -2.04. The van der Waals surface area contributed by atoms with Crippen molar-refractivity contribution in [2.24, 2.45) is 5.73 Å². The van der Waals surface area contributed by atoms with Crippen molar-refractivity contribution >= 4 is 11.6 Å². The van der Waals surface area contributed by atoms with Gasteiger partial charge in [-0.25, -0.2) is 0 Å². The van der Waals surface area contributed by atoms with E-state index in [1.54, 1.807) is 0 Å². The number of nitrogens with zero attached hydrogens (tertiary/aromatic N) is 1. The van der Waals surface area contributed by atoms with Crippen molar-refractivity contribution in [2.45, 2.75) is 26.5 Å². The first-order valence-electron chi connectivity index (χ1n) is 6.29. The molecule has 0 aliphatic heterocycles. The molecule has 4 heteroatoms. The Labute approximate surface area is 118 Å². The second-order valence-corrected chi connectivity index (χ2v) is 4.63. The van der Waals surface area contributed by atoms with E-state index in [4.69, 9.17) is 22.1 Å². The van der Waals surface area contributed by atoms with Crippen LogP contribution in [0.5, 0.6) is 5.75 Å². The van der Waals surface area contributed by atoms with Crippen molar-refractivity contribution in [3.63, 3.8) is 0 Å². The number of aryl methyl sites for hydroxylation is 1. The van der Waals surface area contributed by atoms with E-state index in [2.05, 4.69) is 11.9 Å². The van der Waals surface area contributed by atoms with Gasteiger partial charge in [-0.05, 0) is 42.3 Å². The highest BCUT2D eigenvalue weighted by Gasteiger charge is 2.02. The van der Waals surface area contributed by atoms with E-state index in [1.807, 2.05) is 36.4 Å². The molecular weight excluding hydrogens is 260 g/mol. The third-order valence-electron chi connectivity index (χ3n) is 2.86. The summed E-state index contributed by atoms with van der Waals surface area (Å²) in [5.41, 5.74) is 8.39. The van der Waals surface area contributed by atoms with Crippen LogP contribution < -0.4 is 10.5 Å². The van der Waals surface area contributed by atoms with E-state index in [0.717, 1.165) is 34.1 Å². The molecule has 1 aromatic heterocycles. The zero-order chi connectivity index (χ0) is 13.7. The summed E-state index contributed by atoms with van der Waals surface area (Å²) in [4.78, 5) is 4.39. The third-order valence-corrected chi connectivity index (χ3v) is 3.23. The average molecular weight is 277 g/mol. The minimum atomic E-state index is 0.429. The van der Waals surface area contributed by atoms with Crippen molar-refractivity contribution in [2.75, 3.05) is 0 Å². The molecule has 0 radical (unpaired) electrons. The first-order chi connectivity index (χ1) is 9.22. The maximum Gasteiger partial charge on any atom is 0.130 e. The smallest absolute Gasteiger partial charge is 0.130 e. The first-order valence-corrected chi connectivity index (χ1v) is 6.67. The summed E-state index contributed by atoms with van der Waals surface area (Å²) in [6.45, 7) is 2.94. The fourth-order valence-electron chi connectivity index (χ4n) is 1.79. The van der Waals surface area contributed by atoms with Crippen molar-refractivity contribution in [3.05, 3.63) is 58.4 Å². The van der Waals surface area contributed by atoms with E-state index >= 15 is 0 Å². The molecule has 100 valence electrons. The van der Waals surface area contributed by atoms with E-state index in [1.165, 1.54) is 0 Å². The average Bonchev–Trinajstić information content (AvgIpc) is 2.46. The van der Waals surface area contributed by atoms with Crippen LogP contribution in [0.2, 0.25) is 5.02 Å². The molecular formula is C15H17ClN2O. The van der Waals surface area contributed by atoms with Crippen LogP contribution in [0.3, 0.4) is 0 Å². The lowest BCUT2D eigenvalue weighted by molar-refractivity contribution is 0.300. The van der Waals surface area contributed by atoms with Gasteiger partial charge < -0.3 is 10.5 Å². The molecule has 2 N–H and O–H groups in total. The van der Waals surface area contributed by atoms with Crippen LogP contribution in [0.1, 0.15) is 23.9 Å². The van der Waals surface area contributed by atoms with Crippen LogP contribution in [0.4, 0.5) is 0 Å². The number of benzene rings is 1. The number of halogens is 1. The van der Waals surface area contributed by atoms with Crippen molar-refractivity contribution in [3.8, 4) is 5.75 Å². The molecule has 0 fully saturated rings. The summed E-state index contributed by atoms with van der Waals surface area (Å²) in [7, 11) is 0. The van der Waals surface area contributed by atoms with Crippen LogP contribution in [0.15, 0.2) is 36.4 Å². The van der Waals surface area contributed by atoms with Gasteiger partial charge in [-0.3, -0.25) is 4.98 Å². The monoisotopic (exact) mass is 276 g/mol. The van der Waals surface area contributed by atoms with E-state index in [0.29, 0.717) is 13.2 Å². The molecule has 1 heterocycles. The van der Waals surface area contributed by atoms with Crippen LogP contribution in [-0.2, 0) is 19.6 Å². The Morgan fingerprint density at radius 1 is 1.21 bits per heavy atom. The minimum absolute atomic E-state index is 0.429. The van der Waals surface area contributed by atoms with Gasteiger partial charge in [0.15, 0.2) is 0 Å². The van der Waals surface area contributed by atoms with Gasteiger partial charge in [-0.15, -0.1) is 0 Å². The zero-order valence-corrected chi connectivity index (χ0v) is 11.7. The van der Waals surface area contributed by atoms with Crippen LogP contribution >= 0.6 is 11.6 Å². The second kappa shape index (κ2) is 6.55. The predicted molar refractivity (Wildman–Crippen MR) is 77.3 cm³/mol. The second-order valence-electron chi connectivity index (χ2n) is 4.22. The topological polar surface area (TPSA) is 48.1 Å². The summed E-state index contributed by atoms with van der Waals surface area (Å²) in [6.07, 6.45) is 0.886. The Hall–Kier alpha value is -1.58. The molecule has 2 rings (SSSR count).